The van der Waals surface area contributed by atoms with Crippen LogP contribution in [0.15, 0.2) is 11.6 Å². The third kappa shape index (κ3) is 4.37. The van der Waals surface area contributed by atoms with E-state index >= 15 is 0 Å². The highest BCUT2D eigenvalue weighted by molar-refractivity contribution is 5.77. The van der Waals surface area contributed by atoms with Gasteiger partial charge in [-0.3, -0.25) is 4.79 Å². The summed E-state index contributed by atoms with van der Waals surface area (Å²) in [4.78, 5) is 13.6. The minimum absolute atomic E-state index is 0.00996. The molecule has 0 radical (unpaired) electrons. The number of hydrogen-bond acceptors (Lipinski definition) is 9. The lowest BCUT2D eigenvalue weighted by Gasteiger charge is -2.58. The molecule has 35 heavy (non-hydrogen) atoms. The number of esters is 1. The number of fused-ring (bicyclic) bond motifs is 3. The van der Waals surface area contributed by atoms with Crippen molar-refractivity contribution in [3.63, 3.8) is 0 Å². The Labute approximate surface area is 206 Å². The highest BCUT2D eigenvalue weighted by Crippen LogP contribution is 2.64. The molecule has 1 heterocycles. The van der Waals surface area contributed by atoms with Crippen molar-refractivity contribution in [3.05, 3.63) is 11.6 Å². The number of aliphatic hydroxyl groups excluding tert-OH is 6. The summed E-state index contributed by atoms with van der Waals surface area (Å²) >= 11 is 0. The van der Waals surface area contributed by atoms with Crippen LogP contribution in [0, 0.1) is 28.1 Å². The molecule has 9 nitrogen and oxygen atoms in total. The van der Waals surface area contributed by atoms with Crippen LogP contribution in [0.5, 0.6) is 0 Å². The Balaban J connectivity index is 1.56. The van der Waals surface area contributed by atoms with Crippen molar-refractivity contribution in [3.8, 4) is 0 Å². The van der Waals surface area contributed by atoms with Crippen molar-refractivity contribution in [2.45, 2.75) is 103 Å². The maximum absolute atomic E-state index is 13.6. The first-order valence-electron chi connectivity index (χ1n) is 12.9. The minimum Gasteiger partial charge on any atom is -0.432 e. The summed E-state index contributed by atoms with van der Waals surface area (Å²) in [6.07, 6.45) is -0.325. The molecule has 9 heteroatoms. The van der Waals surface area contributed by atoms with Gasteiger partial charge >= 0.3 is 5.97 Å². The van der Waals surface area contributed by atoms with Crippen LogP contribution in [0.2, 0.25) is 0 Å². The number of rotatable bonds is 5. The first kappa shape index (κ1) is 27.0. The van der Waals surface area contributed by atoms with E-state index in [1.807, 2.05) is 13.8 Å². The summed E-state index contributed by atoms with van der Waals surface area (Å²) in [6, 6.07) is 0. The maximum atomic E-state index is 13.6. The number of carbonyl (C=O) groups excluding carboxylic acids is 1. The normalized spacial score (nSPS) is 48.8. The monoisotopic (exact) mass is 498 g/mol. The third-order valence-electron chi connectivity index (χ3n) is 9.85. The second-order valence-electron chi connectivity index (χ2n) is 12.0. The van der Waals surface area contributed by atoms with E-state index in [2.05, 4.69) is 13.0 Å². The maximum Gasteiger partial charge on any atom is 0.314 e. The lowest BCUT2D eigenvalue weighted by atomic mass is 9.46. The number of allylic oxidation sites excluding steroid dienone is 2. The van der Waals surface area contributed by atoms with Crippen LogP contribution in [-0.2, 0) is 14.3 Å². The molecule has 0 aromatic carbocycles. The van der Waals surface area contributed by atoms with E-state index in [1.165, 1.54) is 5.57 Å². The summed E-state index contributed by atoms with van der Waals surface area (Å²) in [7, 11) is 0. The zero-order valence-electron chi connectivity index (χ0n) is 21.0. The zero-order chi connectivity index (χ0) is 25.8. The van der Waals surface area contributed by atoms with Gasteiger partial charge in [0.25, 0.3) is 0 Å². The summed E-state index contributed by atoms with van der Waals surface area (Å²) < 4.78 is 11.1. The summed E-state index contributed by atoms with van der Waals surface area (Å²) in [6.45, 7) is 5.31. The van der Waals surface area contributed by atoms with E-state index in [9.17, 15) is 35.4 Å². The first-order valence-corrected chi connectivity index (χ1v) is 12.9. The molecule has 0 unspecified atom stereocenters. The molecule has 0 aromatic rings. The third-order valence-corrected chi connectivity index (χ3v) is 9.85. The molecule has 4 rings (SSSR count). The van der Waals surface area contributed by atoms with Gasteiger partial charge in [0, 0.05) is 0 Å². The predicted molar refractivity (Wildman–Crippen MR) is 125 cm³/mol. The molecule has 1 aliphatic heterocycles. The molecule has 11 atom stereocenters. The molecule has 0 aromatic heterocycles. The van der Waals surface area contributed by atoms with E-state index in [0.29, 0.717) is 18.8 Å². The van der Waals surface area contributed by atoms with Crippen LogP contribution in [0.25, 0.3) is 0 Å². The first-order chi connectivity index (χ1) is 16.4. The van der Waals surface area contributed by atoms with Crippen molar-refractivity contribution < 1.29 is 44.9 Å². The van der Waals surface area contributed by atoms with Gasteiger partial charge in [-0.25, -0.2) is 0 Å². The Hall–Kier alpha value is -1.07. The fourth-order valence-corrected chi connectivity index (χ4v) is 7.59. The highest BCUT2D eigenvalue weighted by atomic mass is 16.7. The van der Waals surface area contributed by atoms with Gasteiger partial charge in [0.2, 0.25) is 6.29 Å². The van der Waals surface area contributed by atoms with Gasteiger partial charge < -0.3 is 40.1 Å². The van der Waals surface area contributed by atoms with Crippen LogP contribution in [0.1, 0.15) is 65.7 Å². The minimum atomic E-state index is -1.62. The van der Waals surface area contributed by atoms with Gasteiger partial charge in [0.1, 0.15) is 24.4 Å². The number of hydrogen-bond donors (Lipinski definition) is 6. The second kappa shape index (κ2) is 9.67. The average Bonchev–Trinajstić information content (AvgIpc) is 2.83. The number of ether oxygens (including phenoxy) is 2. The van der Waals surface area contributed by atoms with E-state index < -0.39 is 54.8 Å². The summed E-state index contributed by atoms with van der Waals surface area (Å²) in [5.74, 6) is -0.205. The Morgan fingerprint density at radius 1 is 1.11 bits per heavy atom. The summed E-state index contributed by atoms with van der Waals surface area (Å²) in [5, 5.41) is 59.9. The SMILES string of the molecule is C[C@]1([C@H](O)CO)CC=C2[C@@H](CC[C@@H]3[C@](C)(C(=O)O[C@@H]4O[C@H](CO)[C@@H](O)[C@H](O)[C@H]4O)CCC[C@@]23C)C1. The van der Waals surface area contributed by atoms with Gasteiger partial charge in [-0.1, -0.05) is 31.9 Å². The fourth-order valence-electron chi connectivity index (χ4n) is 7.59. The van der Waals surface area contributed by atoms with Crippen LogP contribution >= 0.6 is 0 Å². The molecule has 3 aliphatic carbocycles. The molecule has 6 N–H and O–H groups in total. The van der Waals surface area contributed by atoms with E-state index in [4.69, 9.17) is 9.47 Å². The summed E-state index contributed by atoms with van der Waals surface area (Å²) in [5.41, 5.74) is -0.0757. The van der Waals surface area contributed by atoms with Gasteiger partial charge in [0.15, 0.2) is 0 Å². The van der Waals surface area contributed by atoms with Crippen molar-refractivity contribution in [1.82, 2.24) is 0 Å². The van der Waals surface area contributed by atoms with Crippen molar-refractivity contribution in [2.75, 3.05) is 13.2 Å². The molecule has 200 valence electrons. The molecule has 2 saturated carbocycles. The number of carbonyl (C=O) groups is 1. The molecular weight excluding hydrogens is 456 g/mol. The standard InChI is InChI=1S/C26H42O9/c1-24(18(29)13-28)10-7-15-14(11-24)5-6-17-25(15,2)8-4-9-26(17,3)23(33)35-22-21(32)20(31)19(30)16(12-27)34-22/h7,14,16-22,27-32H,4-6,8-13H2,1-3H3/t14-,16+,17-,18+,19+,20-,21+,22-,24-,25-,26+/m0/s1. The van der Waals surface area contributed by atoms with Gasteiger partial charge in [0.05, 0.1) is 24.7 Å². The second-order valence-corrected chi connectivity index (χ2v) is 12.0. The lowest BCUT2D eigenvalue weighted by Crippen LogP contribution is -2.61. The molecule has 0 amide bonds. The predicted octanol–water partition coefficient (Wildman–Crippen LogP) is 0.632. The van der Waals surface area contributed by atoms with Gasteiger partial charge in [-0.15, -0.1) is 0 Å². The van der Waals surface area contributed by atoms with E-state index in [1.54, 1.807) is 0 Å². The van der Waals surface area contributed by atoms with Crippen LogP contribution in [-0.4, -0.2) is 86.6 Å². The van der Waals surface area contributed by atoms with E-state index in [-0.39, 0.29) is 23.4 Å². The fraction of sp³-hybridized carbons (Fsp3) is 0.885. The van der Waals surface area contributed by atoms with Crippen molar-refractivity contribution in [2.24, 2.45) is 28.1 Å². The van der Waals surface area contributed by atoms with E-state index in [0.717, 1.165) is 32.1 Å². The molecular formula is C26H42O9. The smallest absolute Gasteiger partial charge is 0.314 e. The Morgan fingerprint density at radius 3 is 2.49 bits per heavy atom. The molecule has 3 fully saturated rings. The van der Waals surface area contributed by atoms with Crippen molar-refractivity contribution >= 4 is 5.97 Å². The quantitative estimate of drug-likeness (QED) is 0.236. The lowest BCUT2D eigenvalue weighted by molar-refractivity contribution is -0.297. The topological polar surface area (TPSA) is 157 Å². The van der Waals surface area contributed by atoms with Crippen LogP contribution in [0.3, 0.4) is 0 Å². The van der Waals surface area contributed by atoms with Crippen LogP contribution in [0.4, 0.5) is 0 Å². The Bertz CT molecular complexity index is 830. The molecule has 4 aliphatic rings. The molecule has 0 spiro atoms. The highest BCUT2D eigenvalue weighted by Gasteiger charge is 2.59. The Morgan fingerprint density at radius 2 is 1.83 bits per heavy atom. The largest absolute Gasteiger partial charge is 0.432 e. The average molecular weight is 499 g/mol. The zero-order valence-corrected chi connectivity index (χ0v) is 21.0. The van der Waals surface area contributed by atoms with Crippen LogP contribution < -0.4 is 0 Å². The van der Waals surface area contributed by atoms with Crippen molar-refractivity contribution in [1.29, 1.82) is 0 Å². The molecule has 1 saturated heterocycles. The number of aliphatic hydroxyl groups is 6. The van der Waals surface area contributed by atoms with Gasteiger partial charge in [-0.05, 0) is 68.1 Å². The molecule has 0 bridgehead atoms. The van der Waals surface area contributed by atoms with Gasteiger partial charge in [-0.2, -0.15) is 0 Å². The Kier molecular flexibility index (Phi) is 7.45.